The summed E-state index contributed by atoms with van der Waals surface area (Å²) >= 11 is 0. The molecular weight excluding hydrogens is 291 g/mol. The van der Waals surface area contributed by atoms with E-state index in [1.165, 1.54) is 6.08 Å². The number of halogens is 3. The van der Waals surface area contributed by atoms with Gasteiger partial charge in [-0.2, -0.15) is 21.6 Å². The molecule has 2 aliphatic rings. The highest BCUT2D eigenvalue weighted by molar-refractivity contribution is 7.87. The van der Waals surface area contributed by atoms with Gasteiger partial charge in [-0.3, -0.25) is 0 Å². The van der Waals surface area contributed by atoms with Gasteiger partial charge >= 0.3 is 21.7 Å². The minimum atomic E-state index is -5.64. The van der Waals surface area contributed by atoms with Crippen LogP contribution in [0.3, 0.4) is 0 Å². The summed E-state index contributed by atoms with van der Waals surface area (Å²) < 4.78 is 62.0. The Morgan fingerprint density at radius 1 is 1.42 bits per heavy atom. The molecule has 1 aliphatic carbocycles. The normalized spacial score (nSPS) is 22.1. The molecule has 0 aromatic heterocycles. The van der Waals surface area contributed by atoms with Gasteiger partial charge in [-0.25, -0.2) is 4.79 Å². The van der Waals surface area contributed by atoms with E-state index in [0.717, 1.165) is 4.90 Å². The van der Waals surface area contributed by atoms with Gasteiger partial charge in [0.15, 0.2) is 0 Å². The summed E-state index contributed by atoms with van der Waals surface area (Å²) in [5.41, 5.74) is -5.98. The molecule has 1 N–H and O–H groups in total. The van der Waals surface area contributed by atoms with Crippen molar-refractivity contribution in [2.45, 2.75) is 18.3 Å². The Kier molecular flexibility index (Phi) is 2.96. The number of carbonyl (C=O) groups is 1. The zero-order valence-electron chi connectivity index (χ0n) is 9.48. The molecule has 108 valence electrons. The van der Waals surface area contributed by atoms with Crippen molar-refractivity contribution in [3.63, 3.8) is 0 Å². The topological polar surface area (TPSA) is 83.9 Å². The zero-order valence-corrected chi connectivity index (χ0v) is 10.3. The molecule has 1 spiro atoms. The molecular formula is C9H10F3NO5S. The third kappa shape index (κ3) is 2.48. The van der Waals surface area contributed by atoms with Crippen LogP contribution in [0.25, 0.3) is 0 Å². The van der Waals surface area contributed by atoms with E-state index in [0.29, 0.717) is 6.42 Å². The number of amides is 1. The van der Waals surface area contributed by atoms with Gasteiger partial charge in [0.1, 0.15) is 5.76 Å². The van der Waals surface area contributed by atoms with Crippen molar-refractivity contribution < 1.29 is 35.7 Å². The molecule has 1 amide bonds. The maximum absolute atomic E-state index is 12.1. The van der Waals surface area contributed by atoms with Crippen LogP contribution in [0.1, 0.15) is 12.8 Å². The molecule has 1 fully saturated rings. The van der Waals surface area contributed by atoms with Crippen molar-refractivity contribution >= 4 is 16.2 Å². The van der Waals surface area contributed by atoms with Crippen LogP contribution in [0.4, 0.5) is 18.0 Å². The van der Waals surface area contributed by atoms with E-state index in [9.17, 15) is 26.4 Å². The summed E-state index contributed by atoms with van der Waals surface area (Å²) in [6.07, 6.45) is 0.455. The molecule has 1 heterocycles. The number of likely N-dealkylation sites (tertiary alicyclic amines) is 1. The first-order chi connectivity index (χ1) is 8.55. The number of carboxylic acid groups (broad SMARTS) is 1. The van der Waals surface area contributed by atoms with Crippen LogP contribution in [0.15, 0.2) is 11.8 Å². The molecule has 1 saturated heterocycles. The van der Waals surface area contributed by atoms with Gasteiger partial charge in [0, 0.05) is 24.9 Å². The van der Waals surface area contributed by atoms with E-state index in [2.05, 4.69) is 4.18 Å². The Morgan fingerprint density at radius 3 is 2.47 bits per heavy atom. The first-order valence-corrected chi connectivity index (χ1v) is 6.63. The third-order valence-corrected chi connectivity index (χ3v) is 4.14. The number of hydrogen-bond donors (Lipinski definition) is 1. The molecule has 0 atom stereocenters. The second kappa shape index (κ2) is 4.02. The standard InChI is InChI=1S/C9H10F3NO5S/c10-9(11,12)19(16,17)18-6-1-2-8(3-6)4-13(5-8)7(14)15/h1H,2-5H2,(H,14,15). The fraction of sp³-hybridized carbons (Fsp3) is 0.667. The molecule has 0 aromatic carbocycles. The Hall–Kier alpha value is -1.45. The average Bonchev–Trinajstić information content (AvgIpc) is 2.56. The summed E-state index contributed by atoms with van der Waals surface area (Å²) in [5.74, 6) is -0.276. The van der Waals surface area contributed by atoms with Crippen LogP contribution < -0.4 is 0 Å². The largest absolute Gasteiger partial charge is 0.534 e. The number of rotatable bonds is 2. The minimum Gasteiger partial charge on any atom is -0.465 e. The number of hydrogen-bond acceptors (Lipinski definition) is 4. The van der Waals surface area contributed by atoms with Crippen molar-refractivity contribution in [3.8, 4) is 0 Å². The van der Waals surface area contributed by atoms with Crippen molar-refractivity contribution in [3.05, 3.63) is 11.8 Å². The molecule has 0 radical (unpaired) electrons. The lowest BCUT2D eigenvalue weighted by Crippen LogP contribution is -2.57. The van der Waals surface area contributed by atoms with Crippen molar-refractivity contribution in [2.75, 3.05) is 13.1 Å². The van der Waals surface area contributed by atoms with Gasteiger partial charge < -0.3 is 14.2 Å². The first kappa shape index (κ1) is 14.0. The Morgan fingerprint density at radius 2 is 2.00 bits per heavy atom. The Labute approximate surface area is 106 Å². The number of allylic oxidation sites excluding steroid dienone is 2. The quantitative estimate of drug-likeness (QED) is 0.617. The summed E-state index contributed by atoms with van der Waals surface area (Å²) in [4.78, 5) is 11.7. The maximum Gasteiger partial charge on any atom is 0.534 e. The molecule has 6 nitrogen and oxygen atoms in total. The smallest absolute Gasteiger partial charge is 0.465 e. The second-order valence-electron chi connectivity index (χ2n) is 4.67. The van der Waals surface area contributed by atoms with Crippen LogP contribution in [0.5, 0.6) is 0 Å². The van der Waals surface area contributed by atoms with E-state index in [1.54, 1.807) is 0 Å². The highest BCUT2D eigenvalue weighted by Gasteiger charge is 2.52. The monoisotopic (exact) mass is 301 g/mol. The van der Waals surface area contributed by atoms with Gasteiger partial charge in [0.05, 0.1) is 0 Å². The molecule has 10 heteroatoms. The molecule has 0 bridgehead atoms. The van der Waals surface area contributed by atoms with Gasteiger partial charge in [0.2, 0.25) is 0 Å². The molecule has 0 aromatic rings. The minimum absolute atomic E-state index is 0.00785. The number of alkyl halides is 3. The van der Waals surface area contributed by atoms with Crippen molar-refractivity contribution in [2.24, 2.45) is 5.41 Å². The first-order valence-electron chi connectivity index (χ1n) is 5.22. The lowest BCUT2D eigenvalue weighted by Gasteiger charge is -2.46. The van der Waals surface area contributed by atoms with Gasteiger partial charge in [-0.15, -0.1) is 0 Å². The molecule has 0 saturated carbocycles. The van der Waals surface area contributed by atoms with E-state index < -0.39 is 27.1 Å². The van der Waals surface area contributed by atoms with Crippen LogP contribution in [0, 0.1) is 5.41 Å². The summed E-state index contributed by atoms with van der Waals surface area (Å²) in [7, 11) is -5.64. The lowest BCUT2D eigenvalue weighted by atomic mass is 9.78. The zero-order chi connectivity index (χ0) is 14.5. The summed E-state index contributed by atoms with van der Waals surface area (Å²) in [6, 6.07) is 0. The van der Waals surface area contributed by atoms with Crippen LogP contribution in [-0.4, -0.2) is 43.1 Å². The third-order valence-electron chi connectivity index (χ3n) is 3.14. The highest BCUT2D eigenvalue weighted by Crippen LogP contribution is 2.46. The summed E-state index contributed by atoms with van der Waals surface area (Å²) in [6.45, 7) is 0.329. The maximum atomic E-state index is 12.1. The van der Waals surface area contributed by atoms with E-state index >= 15 is 0 Å². The lowest BCUT2D eigenvalue weighted by molar-refractivity contribution is -0.0528. The van der Waals surface area contributed by atoms with Crippen LogP contribution in [0.2, 0.25) is 0 Å². The molecule has 1 aliphatic heterocycles. The van der Waals surface area contributed by atoms with Gasteiger partial charge in [-0.1, -0.05) is 0 Å². The fourth-order valence-corrected chi connectivity index (χ4v) is 2.74. The summed E-state index contributed by atoms with van der Waals surface area (Å²) in [5, 5.41) is 8.67. The van der Waals surface area contributed by atoms with E-state index in [-0.39, 0.29) is 25.3 Å². The average molecular weight is 301 g/mol. The number of nitrogens with zero attached hydrogens (tertiary/aromatic N) is 1. The fourth-order valence-electron chi connectivity index (χ4n) is 2.24. The van der Waals surface area contributed by atoms with Gasteiger partial charge in [-0.05, 0) is 12.5 Å². The molecule has 19 heavy (non-hydrogen) atoms. The van der Waals surface area contributed by atoms with E-state index in [1.807, 2.05) is 0 Å². The van der Waals surface area contributed by atoms with Gasteiger partial charge in [0.25, 0.3) is 0 Å². The van der Waals surface area contributed by atoms with Crippen LogP contribution in [-0.2, 0) is 14.3 Å². The predicted octanol–water partition coefficient (Wildman–Crippen LogP) is 1.51. The molecule has 2 rings (SSSR count). The predicted molar refractivity (Wildman–Crippen MR) is 55.4 cm³/mol. The van der Waals surface area contributed by atoms with Crippen molar-refractivity contribution in [1.82, 2.24) is 4.90 Å². The van der Waals surface area contributed by atoms with E-state index in [4.69, 9.17) is 5.11 Å². The molecule has 0 unspecified atom stereocenters. The van der Waals surface area contributed by atoms with Crippen LogP contribution >= 0.6 is 0 Å². The Balaban J connectivity index is 1.96. The SMILES string of the molecule is O=C(O)N1CC2(CC=C(OS(=O)(=O)C(F)(F)F)C2)C1. The highest BCUT2D eigenvalue weighted by atomic mass is 32.2. The second-order valence-corrected chi connectivity index (χ2v) is 6.21. The van der Waals surface area contributed by atoms with Crippen molar-refractivity contribution in [1.29, 1.82) is 0 Å². The Bertz CT molecular complexity index is 533.